The minimum atomic E-state index is -0.722. The molecule has 0 saturated heterocycles. The van der Waals surface area contributed by atoms with E-state index in [0.29, 0.717) is 16.3 Å². The van der Waals surface area contributed by atoms with Crippen LogP contribution in [0.4, 0.5) is 4.39 Å². The van der Waals surface area contributed by atoms with Gasteiger partial charge in [0.25, 0.3) is 0 Å². The summed E-state index contributed by atoms with van der Waals surface area (Å²) >= 11 is 5.72. The highest BCUT2D eigenvalue weighted by atomic mass is 35.5. The van der Waals surface area contributed by atoms with Crippen molar-refractivity contribution < 1.29 is 18.8 Å². The number of ether oxygens (including phenoxy) is 1. The highest BCUT2D eigenvalue weighted by Crippen LogP contribution is 2.15. The van der Waals surface area contributed by atoms with E-state index in [1.807, 2.05) is 0 Å². The van der Waals surface area contributed by atoms with E-state index in [4.69, 9.17) is 22.1 Å². The Morgan fingerprint density at radius 1 is 1.14 bits per heavy atom. The molecular formula is C15H12ClFN2O3. The first-order chi connectivity index (χ1) is 10.5. The molecule has 7 heteroatoms. The smallest absolute Gasteiger partial charge is 0.372 e. The fourth-order valence-electron chi connectivity index (χ4n) is 1.47. The molecule has 0 spiro atoms. The first-order valence-electron chi connectivity index (χ1n) is 6.22. The summed E-state index contributed by atoms with van der Waals surface area (Å²) in [5.41, 5.74) is 6.05. The van der Waals surface area contributed by atoms with Gasteiger partial charge in [0, 0.05) is 10.6 Å². The molecule has 0 atom stereocenters. The molecule has 114 valence electrons. The summed E-state index contributed by atoms with van der Waals surface area (Å²) in [4.78, 5) is 16.1. The highest BCUT2D eigenvalue weighted by molar-refractivity contribution is 6.30. The second kappa shape index (κ2) is 7.42. The van der Waals surface area contributed by atoms with Gasteiger partial charge in [0.1, 0.15) is 11.6 Å². The van der Waals surface area contributed by atoms with Crippen molar-refractivity contribution >= 4 is 23.4 Å². The Bertz CT molecular complexity index is 672. The average Bonchev–Trinajstić information content (AvgIpc) is 2.52. The number of hydrogen-bond donors (Lipinski definition) is 1. The lowest BCUT2D eigenvalue weighted by Crippen LogP contribution is -2.18. The minimum absolute atomic E-state index is 0.0418. The van der Waals surface area contributed by atoms with Crippen LogP contribution in [0.25, 0.3) is 0 Å². The van der Waals surface area contributed by atoms with Crippen LogP contribution >= 0.6 is 11.6 Å². The van der Waals surface area contributed by atoms with Crippen molar-refractivity contribution in [1.82, 2.24) is 0 Å². The van der Waals surface area contributed by atoms with E-state index >= 15 is 0 Å². The Morgan fingerprint density at radius 3 is 2.41 bits per heavy atom. The molecule has 5 nitrogen and oxygen atoms in total. The van der Waals surface area contributed by atoms with Crippen LogP contribution in [-0.4, -0.2) is 18.4 Å². The zero-order chi connectivity index (χ0) is 15.9. The first-order valence-corrected chi connectivity index (χ1v) is 6.60. The van der Waals surface area contributed by atoms with Gasteiger partial charge in [-0.05, 0) is 48.5 Å². The second-order valence-corrected chi connectivity index (χ2v) is 4.63. The molecule has 0 unspecified atom stereocenters. The van der Waals surface area contributed by atoms with E-state index in [1.165, 1.54) is 24.3 Å². The Hall–Kier alpha value is -2.60. The number of amidine groups is 1. The molecule has 0 heterocycles. The fourth-order valence-corrected chi connectivity index (χ4v) is 1.60. The summed E-state index contributed by atoms with van der Waals surface area (Å²) in [6.07, 6.45) is 0. The maximum absolute atomic E-state index is 12.8. The van der Waals surface area contributed by atoms with Gasteiger partial charge in [-0.3, -0.25) is 0 Å². The highest BCUT2D eigenvalue weighted by Gasteiger charge is 2.06. The predicted molar refractivity (Wildman–Crippen MR) is 80.2 cm³/mol. The summed E-state index contributed by atoms with van der Waals surface area (Å²) in [5, 5.41) is 4.03. The lowest BCUT2D eigenvalue weighted by atomic mass is 10.2. The minimum Gasteiger partial charge on any atom is -0.482 e. The van der Waals surface area contributed by atoms with E-state index in [2.05, 4.69) is 9.99 Å². The SMILES string of the molecule is N/C(=N\OC(=O)COc1ccc(Cl)cc1)c1ccc(F)cc1. The standard InChI is InChI=1S/C15H12ClFN2O3/c16-11-3-7-13(8-4-11)21-9-14(20)22-19-15(18)10-1-5-12(17)6-2-10/h1-8H,9H2,(H2,18,19). The lowest BCUT2D eigenvalue weighted by molar-refractivity contribution is -0.146. The molecule has 0 saturated carbocycles. The Kier molecular flexibility index (Phi) is 5.32. The van der Waals surface area contributed by atoms with Gasteiger partial charge in [-0.2, -0.15) is 0 Å². The van der Waals surface area contributed by atoms with Crippen molar-refractivity contribution in [3.05, 3.63) is 64.9 Å². The third-order valence-corrected chi connectivity index (χ3v) is 2.81. The van der Waals surface area contributed by atoms with Crippen LogP contribution in [0.2, 0.25) is 5.02 Å². The molecule has 2 aromatic carbocycles. The Morgan fingerprint density at radius 2 is 1.77 bits per heavy atom. The van der Waals surface area contributed by atoms with Crippen LogP contribution in [0.5, 0.6) is 5.75 Å². The molecule has 0 amide bonds. The van der Waals surface area contributed by atoms with Gasteiger partial charge in [0.15, 0.2) is 12.4 Å². The van der Waals surface area contributed by atoms with Gasteiger partial charge in [0.2, 0.25) is 0 Å². The zero-order valence-corrected chi connectivity index (χ0v) is 12.1. The monoisotopic (exact) mass is 322 g/mol. The van der Waals surface area contributed by atoms with Gasteiger partial charge in [-0.1, -0.05) is 16.8 Å². The maximum atomic E-state index is 12.8. The van der Waals surface area contributed by atoms with Crippen LogP contribution in [0.15, 0.2) is 53.7 Å². The van der Waals surface area contributed by atoms with Gasteiger partial charge in [-0.25, -0.2) is 9.18 Å². The quantitative estimate of drug-likeness (QED) is 0.397. The average molecular weight is 323 g/mol. The molecule has 0 bridgehead atoms. The van der Waals surface area contributed by atoms with Crippen molar-refractivity contribution in [2.24, 2.45) is 10.9 Å². The molecule has 2 rings (SSSR count). The fraction of sp³-hybridized carbons (Fsp3) is 0.0667. The first kappa shape index (κ1) is 15.8. The number of oxime groups is 1. The van der Waals surface area contributed by atoms with Crippen LogP contribution < -0.4 is 10.5 Å². The number of nitrogens with zero attached hydrogens (tertiary/aromatic N) is 1. The number of carbonyl (C=O) groups excluding carboxylic acids is 1. The van der Waals surface area contributed by atoms with E-state index in [-0.39, 0.29) is 12.4 Å². The molecule has 2 aromatic rings. The third-order valence-electron chi connectivity index (χ3n) is 2.56. The van der Waals surface area contributed by atoms with Crippen molar-refractivity contribution in [3.63, 3.8) is 0 Å². The topological polar surface area (TPSA) is 73.9 Å². The summed E-state index contributed by atoms with van der Waals surface area (Å²) in [5.74, 6) is -0.693. The lowest BCUT2D eigenvalue weighted by Gasteiger charge is -2.04. The van der Waals surface area contributed by atoms with Crippen LogP contribution in [0, 0.1) is 5.82 Å². The van der Waals surface area contributed by atoms with Gasteiger partial charge in [-0.15, -0.1) is 0 Å². The summed E-state index contributed by atoms with van der Waals surface area (Å²) in [6, 6.07) is 11.8. The van der Waals surface area contributed by atoms with Gasteiger partial charge in [0.05, 0.1) is 0 Å². The number of nitrogens with two attached hydrogens (primary N) is 1. The molecule has 2 N–H and O–H groups in total. The normalized spacial score (nSPS) is 11.1. The maximum Gasteiger partial charge on any atom is 0.372 e. The predicted octanol–water partition coefficient (Wildman–Crippen LogP) is 2.72. The Balaban J connectivity index is 1.85. The largest absolute Gasteiger partial charge is 0.482 e. The molecule has 0 fully saturated rings. The molecule has 22 heavy (non-hydrogen) atoms. The number of halogens is 2. The summed E-state index contributed by atoms with van der Waals surface area (Å²) < 4.78 is 17.9. The zero-order valence-electron chi connectivity index (χ0n) is 11.3. The van der Waals surface area contributed by atoms with Crippen molar-refractivity contribution in [3.8, 4) is 5.75 Å². The van der Waals surface area contributed by atoms with E-state index < -0.39 is 11.8 Å². The van der Waals surface area contributed by atoms with E-state index in [1.54, 1.807) is 24.3 Å². The van der Waals surface area contributed by atoms with E-state index in [9.17, 15) is 9.18 Å². The number of rotatable bonds is 5. The molecule has 0 aliphatic carbocycles. The number of carbonyl (C=O) groups is 1. The summed E-state index contributed by atoms with van der Waals surface area (Å²) in [6.45, 7) is -0.332. The van der Waals surface area contributed by atoms with Gasteiger partial charge >= 0.3 is 5.97 Å². The van der Waals surface area contributed by atoms with Crippen molar-refractivity contribution in [2.45, 2.75) is 0 Å². The van der Waals surface area contributed by atoms with Crippen molar-refractivity contribution in [2.75, 3.05) is 6.61 Å². The van der Waals surface area contributed by atoms with Crippen LogP contribution in [-0.2, 0) is 9.63 Å². The molecule has 0 aliphatic heterocycles. The van der Waals surface area contributed by atoms with Crippen LogP contribution in [0.1, 0.15) is 5.56 Å². The molecule has 0 aromatic heterocycles. The molecule has 0 aliphatic rings. The molecular weight excluding hydrogens is 311 g/mol. The third kappa shape index (κ3) is 4.75. The van der Waals surface area contributed by atoms with Crippen LogP contribution in [0.3, 0.4) is 0 Å². The number of benzene rings is 2. The van der Waals surface area contributed by atoms with Crippen molar-refractivity contribution in [1.29, 1.82) is 0 Å². The number of hydrogen-bond acceptors (Lipinski definition) is 4. The molecule has 0 radical (unpaired) electrons. The Labute approximate surface area is 131 Å². The summed E-state index contributed by atoms with van der Waals surface area (Å²) in [7, 11) is 0. The van der Waals surface area contributed by atoms with E-state index in [0.717, 1.165) is 0 Å². The van der Waals surface area contributed by atoms with Gasteiger partial charge < -0.3 is 15.3 Å². The second-order valence-electron chi connectivity index (χ2n) is 4.19.